The molecule has 1 heterocycles. The Morgan fingerprint density at radius 3 is 2.76 bits per heavy atom. The van der Waals surface area contributed by atoms with Crippen LogP contribution in [-0.4, -0.2) is 21.2 Å². The van der Waals surface area contributed by atoms with Crippen LogP contribution in [0.4, 0.5) is 0 Å². The summed E-state index contributed by atoms with van der Waals surface area (Å²) in [4.78, 5) is 27.0. The highest BCUT2D eigenvalue weighted by Crippen LogP contribution is 2.13. The molecule has 1 amide bonds. The number of nitrogens with zero attached hydrogens (tertiary/aromatic N) is 2. The van der Waals surface area contributed by atoms with Gasteiger partial charge in [-0.25, -0.2) is 0 Å². The lowest BCUT2D eigenvalue weighted by Crippen LogP contribution is -2.25. The third-order valence-corrected chi connectivity index (χ3v) is 3.84. The van der Waals surface area contributed by atoms with Gasteiger partial charge < -0.3 is 9.88 Å². The summed E-state index contributed by atoms with van der Waals surface area (Å²) in [5, 5.41) is 3.42. The molecule has 1 aromatic carbocycles. The number of rotatable bonds is 6. The summed E-state index contributed by atoms with van der Waals surface area (Å²) in [7, 11) is 0. The van der Waals surface area contributed by atoms with Crippen LogP contribution in [0.5, 0.6) is 0 Å². The molecule has 21 heavy (non-hydrogen) atoms. The lowest BCUT2D eigenvalue weighted by molar-refractivity contribution is -0.118. The first-order valence-corrected chi connectivity index (χ1v) is 7.68. The Labute approximate surface area is 127 Å². The zero-order chi connectivity index (χ0) is 15.1. The smallest absolute Gasteiger partial charge is 0.273 e. The van der Waals surface area contributed by atoms with Gasteiger partial charge in [-0.15, -0.1) is 0 Å². The van der Waals surface area contributed by atoms with Crippen molar-refractivity contribution in [1.29, 1.82) is 0 Å². The molecule has 0 unspecified atom stereocenters. The zero-order valence-electron chi connectivity index (χ0n) is 11.8. The standard InChI is InChI=1S/C15H17N3O2S/c1-2-18-9-8-13(19)17-15(18)21-11-14(20)16-10-12-6-4-3-5-7-12/h3-9H,2,10-11H2,1H3,(H,16,20). The summed E-state index contributed by atoms with van der Waals surface area (Å²) in [6.45, 7) is 3.18. The summed E-state index contributed by atoms with van der Waals surface area (Å²) >= 11 is 1.27. The van der Waals surface area contributed by atoms with Crippen LogP contribution in [0.1, 0.15) is 12.5 Å². The molecule has 2 rings (SSSR count). The molecule has 0 spiro atoms. The second-order valence-corrected chi connectivity index (χ2v) is 5.33. The van der Waals surface area contributed by atoms with Crippen LogP contribution in [0.25, 0.3) is 0 Å². The van der Waals surface area contributed by atoms with Gasteiger partial charge in [-0.05, 0) is 12.5 Å². The molecule has 0 atom stereocenters. The Hall–Kier alpha value is -2.08. The zero-order valence-corrected chi connectivity index (χ0v) is 12.6. The SMILES string of the molecule is CCn1ccc(=O)nc1SCC(=O)NCc1ccccc1. The van der Waals surface area contributed by atoms with Gasteiger partial charge in [-0.1, -0.05) is 42.1 Å². The number of hydrogen-bond acceptors (Lipinski definition) is 4. The van der Waals surface area contributed by atoms with Gasteiger partial charge >= 0.3 is 0 Å². The van der Waals surface area contributed by atoms with Crippen LogP contribution < -0.4 is 10.9 Å². The van der Waals surface area contributed by atoms with E-state index in [0.717, 1.165) is 5.56 Å². The van der Waals surface area contributed by atoms with E-state index in [2.05, 4.69) is 10.3 Å². The normalized spacial score (nSPS) is 10.3. The number of hydrogen-bond donors (Lipinski definition) is 1. The van der Waals surface area contributed by atoms with Gasteiger partial charge in [0.1, 0.15) is 0 Å². The highest BCUT2D eigenvalue weighted by atomic mass is 32.2. The monoisotopic (exact) mass is 303 g/mol. The molecule has 0 saturated heterocycles. The maximum atomic E-state index is 11.8. The predicted octanol–water partition coefficient (Wildman–Crippen LogP) is 1.67. The van der Waals surface area contributed by atoms with Gasteiger partial charge in [0.2, 0.25) is 5.91 Å². The van der Waals surface area contributed by atoms with Crippen molar-refractivity contribution >= 4 is 17.7 Å². The maximum Gasteiger partial charge on any atom is 0.273 e. The van der Waals surface area contributed by atoms with E-state index in [0.29, 0.717) is 18.2 Å². The first kappa shape index (κ1) is 15.3. The van der Waals surface area contributed by atoms with E-state index in [-0.39, 0.29) is 17.2 Å². The van der Waals surface area contributed by atoms with Gasteiger partial charge in [0, 0.05) is 25.4 Å². The van der Waals surface area contributed by atoms with Gasteiger partial charge in [-0.2, -0.15) is 4.98 Å². The van der Waals surface area contributed by atoms with Gasteiger partial charge in [-0.3, -0.25) is 9.59 Å². The molecule has 1 aromatic heterocycles. The molecular weight excluding hydrogens is 286 g/mol. The Bertz CT molecular complexity index is 655. The predicted molar refractivity (Wildman–Crippen MR) is 83.2 cm³/mol. The van der Waals surface area contributed by atoms with E-state index in [1.807, 2.05) is 41.8 Å². The molecular formula is C15H17N3O2S. The molecule has 110 valence electrons. The number of carbonyl (C=O) groups excluding carboxylic acids is 1. The Balaban J connectivity index is 1.87. The Kier molecular flexibility index (Phi) is 5.57. The summed E-state index contributed by atoms with van der Waals surface area (Å²) < 4.78 is 1.84. The first-order chi connectivity index (χ1) is 10.2. The van der Waals surface area contributed by atoms with E-state index in [4.69, 9.17) is 0 Å². The van der Waals surface area contributed by atoms with Crippen molar-refractivity contribution < 1.29 is 4.79 Å². The fourth-order valence-electron chi connectivity index (χ4n) is 1.75. The summed E-state index contributed by atoms with van der Waals surface area (Å²) in [5.74, 6) is 0.160. The summed E-state index contributed by atoms with van der Waals surface area (Å²) in [6, 6.07) is 11.1. The average Bonchev–Trinajstić information content (AvgIpc) is 2.52. The Morgan fingerprint density at radius 2 is 2.05 bits per heavy atom. The molecule has 6 heteroatoms. The average molecular weight is 303 g/mol. The lowest BCUT2D eigenvalue weighted by Gasteiger charge is -2.09. The maximum absolute atomic E-state index is 11.8. The van der Waals surface area contributed by atoms with Crippen molar-refractivity contribution in [1.82, 2.24) is 14.9 Å². The number of benzene rings is 1. The minimum absolute atomic E-state index is 0.0791. The second kappa shape index (κ2) is 7.64. The third kappa shape index (κ3) is 4.75. The van der Waals surface area contributed by atoms with Crippen LogP contribution in [0, 0.1) is 0 Å². The van der Waals surface area contributed by atoms with Crippen molar-refractivity contribution in [3.8, 4) is 0 Å². The first-order valence-electron chi connectivity index (χ1n) is 6.70. The molecule has 2 aromatic rings. The highest BCUT2D eigenvalue weighted by molar-refractivity contribution is 7.99. The fourth-order valence-corrected chi connectivity index (χ4v) is 2.62. The minimum Gasteiger partial charge on any atom is -0.351 e. The summed E-state index contributed by atoms with van der Waals surface area (Å²) in [6.07, 6.45) is 1.69. The van der Waals surface area contributed by atoms with E-state index in [9.17, 15) is 9.59 Å². The van der Waals surface area contributed by atoms with Crippen molar-refractivity contribution in [2.45, 2.75) is 25.2 Å². The van der Waals surface area contributed by atoms with E-state index in [1.165, 1.54) is 17.8 Å². The van der Waals surface area contributed by atoms with Crippen molar-refractivity contribution in [2.75, 3.05) is 5.75 Å². The van der Waals surface area contributed by atoms with Crippen LogP contribution in [0.15, 0.2) is 52.5 Å². The number of aromatic nitrogens is 2. The number of thioether (sulfide) groups is 1. The molecule has 1 N–H and O–H groups in total. The van der Waals surface area contributed by atoms with Gasteiger partial charge in [0.05, 0.1) is 5.75 Å². The van der Waals surface area contributed by atoms with Gasteiger partial charge in [0.15, 0.2) is 5.16 Å². The molecule has 0 aliphatic rings. The lowest BCUT2D eigenvalue weighted by atomic mass is 10.2. The summed E-state index contributed by atoms with van der Waals surface area (Å²) in [5.41, 5.74) is 0.769. The van der Waals surface area contributed by atoms with Crippen LogP contribution in [-0.2, 0) is 17.9 Å². The number of nitrogens with one attached hydrogen (secondary N) is 1. The fraction of sp³-hybridized carbons (Fsp3) is 0.267. The van der Waals surface area contributed by atoms with Crippen molar-refractivity contribution in [2.24, 2.45) is 0 Å². The van der Waals surface area contributed by atoms with E-state index < -0.39 is 0 Å². The quantitative estimate of drug-likeness (QED) is 0.651. The number of amides is 1. The molecule has 0 aliphatic heterocycles. The molecule has 0 radical (unpaired) electrons. The molecule has 5 nitrogen and oxygen atoms in total. The molecule has 0 fully saturated rings. The van der Waals surface area contributed by atoms with E-state index in [1.54, 1.807) is 6.20 Å². The van der Waals surface area contributed by atoms with Crippen LogP contribution >= 0.6 is 11.8 Å². The van der Waals surface area contributed by atoms with Crippen molar-refractivity contribution in [3.63, 3.8) is 0 Å². The topological polar surface area (TPSA) is 64.0 Å². The van der Waals surface area contributed by atoms with Crippen molar-refractivity contribution in [3.05, 3.63) is 58.5 Å². The second-order valence-electron chi connectivity index (χ2n) is 4.39. The molecule has 0 saturated carbocycles. The molecule has 0 aliphatic carbocycles. The largest absolute Gasteiger partial charge is 0.351 e. The Morgan fingerprint density at radius 1 is 1.29 bits per heavy atom. The molecule has 0 bridgehead atoms. The van der Waals surface area contributed by atoms with Crippen LogP contribution in [0.2, 0.25) is 0 Å². The van der Waals surface area contributed by atoms with Crippen LogP contribution in [0.3, 0.4) is 0 Å². The van der Waals surface area contributed by atoms with Gasteiger partial charge in [0.25, 0.3) is 5.56 Å². The minimum atomic E-state index is -0.285. The number of carbonyl (C=O) groups is 1. The third-order valence-electron chi connectivity index (χ3n) is 2.85. The van der Waals surface area contributed by atoms with E-state index >= 15 is 0 Å². The number of aryl methyl sites for hydroxylation is 1. The highest BCUT2D eigenvalue weighted by Gasteiger charge is 2.07.